The number of likely N-dealkylation sites (tertiary alicyclic amines) is 1. The average Bonchev–Trinajstić information content (AvgIpc) is 3.48. The van der Waals surface area contributed by atoms with Crippen LogP contribution in [0.1, 0.15) is 35.8 Å². The van der Waals surface area contributed by atoms with E-state index in [1.54, 1.807) is 4.90 Å². The van der Waals surface area contributed by atoms with Crippen molar-refractivity contribution in [2.24, 2.45) is 0 Å². The average molecular weight is 396 g/mol. The number of aromatic nitrogens is 3. The van der Waals surface area contributed by atoms with Crippen molar-refractivity contribution in [3.63, 3.8) is 0 Å². The van der Waals surface area contributed by atoms with Crippen LogP contribution in [0.5, 0.6) is 5.75 Å². The van der Waals surface area contributed by atoms with Gasteiger partial charge in [-0.1, -0.05) is 6.07 Å². The van der Waals surface area contributed by atoms with Crippen LogP contribution in [0.2, 0.25) is 0 Å². The van der Waals surface area contributed by atoms with Crippen molar-refractivity contribution in [1.29, 1.82) is 0 Å². The fraction of sp³-hybridized carbons (Fsp3) is 0.429. The molecule has 0 saturated carbocycles. The predicted molar refractivity (Wildman–Crippen MR) is 107 cm³/mol. The molecule has 1 atom stereocenters. The maximum atomic E-state index is 12.5. The van der Waals surface area contributed by atoms with Crippen molar-refractivity contribution >= 4 is 16.8 Å². The molecule has 1 aromatic carbocycles. The topological polar surface area (TPSA) is 92.4 Å². The monoisotopic (exact) mass is 396 g/mol. The maximum absolute atomic E-state index is 12.5. The number of hydrogen-bond acceptors (Lipinski definition) is 4. The van der Waals surface area contributed by atoms with Crippen LogP contribution in [0.15, 0.2) is 41.5 Å². The van der Waals surface area contributed by atoms with Gasteiger partial charge in [0.15, 0.2) is 0 Å². The van der Waals surface area contributed by atoms with E-state index in [1.807, 2.05) is 12.1 Å². The quantitative estimate of drug-likeness (QED) is 0.708. The minimum atomic E-state index is -0.365. The Bertz CT molecular complexity index is 1070. The third kappa shape index (κ3) is 3.44. The van der Waals surface area contributed by atoms with E-state index in [2.05, 4.69) is 32.9 Å². The van der Waals surface area contributed by atoms with Crippen LogP contribution in [0.3, 0.4) is 0 Å². The molecule has 2 aromatic heterocycles. The van der Waals surface area contributed by atoms with Gasteiger partial charge in [-0.15, -0.1) is 0 Å². The van der Waals surface area contributed by atoms with E-state index in [0.717, 1.165) is 43.6 Å². The van der Waals surface area contributed by atoms with Crippen molar-refractivity contribution in [2.75, 3.05) is 26.3 Å². The zero-order valence-electron chi connectivity index (χ0n) is 16.1. The van der Waals surface area contributed by atoms with Crippen LogP contribution < -0.4 is 10.4 Å². The fourth-order valence-corrected chi connectivity index (χ4v) is 4.30. The van der Waals surface area contributed by atoms with Gasteiger partial charge >= 0.3 is 5.69 Å². The standard InChI is InChI=1S/C21H24N4O4/c26-20(17-12-22-21(27)23-17)24-8-4-15(5-9-24)29-19-3-1-2-18-16(19)6-10-25(18)14-7-11-28-13-14/h1-3,6,10,12,14-15H,4-5,7-9,11,13H2,(H2,22,23,27). The molecule has 0 spiro atoms. The Hall–Kier alpha value is -3.00. The summed E-state index contributed by atoms with van der Waals surface area (Å²) in [7, 11) is 0. The molecule has 2 aliphatic heterocycles. The molecule has 5 rings (SSSR count). The minimum Gasteiger partial charge on any atom is -0.490 e. The predicted octanol–water partition coefficient (Wildman–Crippen LogP) is 2.30. The SMILES string of the molecule is O=C(c1c[nH]c(=O)[nH]1)N1CCC(Oc2cccc3c2ccn3C2CCOC2)CC1. The second kappa shape index (κ2) is 7.44. The molecule has 152 valence electrons. The minimum absolute atomic E-state index is 0.0630. The highest BCUT2D eigenvalue weighted by Crippen LogP contribution is 2.32. The number of carbonyl (C=O) groups excluding carboxylic acids is 1. The van der Waals surface area contributed by atoms with Crippen LogP contribution in [-0.4, -0.2) is 57.7 Å². The van der Waals surface area contributed by atoms with Crippen molar-refractivity contribution in [3.8, 4) is 5.75 Å². The lowest BCUT2D eigenvalue weighted by atomic mass is 10.1. The summed E-state index contributed by atoms with van der Waals surface area (Å²) in [6.07, 6.45) is 6.16. The van der Waals surface area contributed by atoms with Crippen molar-refractivity contribution in [2.45, 2.75) is 31.4 Å². The lowest BCUT2D eigenvalue weighted by molar-refractivity contribution is 0.0593. The van der Waals surface area contributed by atoms with Gasteiger partial charge in [0.05, 0.1) is 18.2 Å². The normalized spacial score (nSPS) is 20.4. The zero-order chi connectivity index (χ0) is 19.8. The van der Waals surface area contributed by atoms with Crippen LogP contribution in [0.25, 0.3) is 10.9 Å². The molecule has 3 aromatic rings. The number of piperidine rings is 1. The molecular weight excluding hydrogens is 372 g/mol. The molecule has 8 heteroatoms. The number of H-pyrrole nitrogens is 2. The molecule has 0 radical (unpaired) electrons. The summed E-state index contributed by atoms with van der Waals surface area (Å²) in [5.74, 6) is 0.736. The number of amides is 1. The van der Waals surface area contributed by atoms with Gasteiger partial charge < -0.3 is 28.9 Å². The number of imidazole rings is 1. The van der Waals surface area contributed by atoms with Gasteiger partial charge in [0.2, 0.25) is 0 Å². The molecule has 2 N–H and O–H groups in total. The highest BCUT2D eigenvalue weighted by atomic mass is 16.5. The van der Waals surface area contributed by atoms with E-state index in [-0.39, 0.29) is 17.7 Å². The Morgan fingerprint density at radius 1 is 1.17 bits per heavy atom. The van der Waals surface area contributed by atoms with Crippen LogP contribution in [0, 0.1) is 0 Å². The zero-order valence-corrected chi connectivity index (χ0v) is 16.1. The molecule has 29 heavy (non-hydrogen) atoms. The molecule has 1 amide bonds. The molecule has 1 unspecified atom stereocenters. The number of nitrogens with one attached hydrogen (secondary N) is 2. The first-order valence-corrected chi connectivity index (χ1v) is 10.1. The number of fused-ring (bicyclic) bond motifs is 1. The van der Waals surface area contributed by atoms with Gasteiger partial charge in [0, 0.05) is 50.3 Å². The Morgan fingerprint density at radius 3 is 2.76 bits per heavy atom. The lowest BCUT2D eigenvalue weighted by Crippen LogP contribution is -2.42. The molecule has 8 nitrogen and oxygen atoms in total. The largest absolute Gasteiger partial charge is 0.490 e. The maximum Gasteiger partial charge on any atom is 0.323 e. The van der Waals surface area contributed by atoms with Crippen molar-refractivity contribution < 1.29 is 14.3 Å². The molecule has 0 bridgehead atoms. The van der Waals surface area contributed by atoms with Crippen LogP contribution >= 0.6 is 0 Å². The van der Waals surface area contributed by atoms with E-state index in [9.17, 15) is 9.59 Å². The number of nitrogens with zero attached hydrogens (tertiary/aromatic N) is 2. The number of ether oxygens (including phenoxy) is 2. The summed E-state index contributed by atoms with van der Waals surface area (Å²) in [5, 5.41) is 1.11. The summed E-state index contributed by atoms with van der Waals surface area (Å²) in [6.45, 7) is 2.78. The van der Waals surface area contributed by atoms with Crippen LogP contribution in [-0.2, 0) is 4.74 Å². The molecule has 2 fully saturated rings. The Kier molecular flexibility index (Phi) is 4.63. The Balaban J connectivity index is 1.26. The summed E-state index contributed by atoms with van der Waals surface area (Å²) in [4.78, 5) is 30.4. The molecule has 0 aliphatic carbocycles. The van der Waals surface area contributed by atoms with Gasteiger partial charge in [-0.05, 0) is 24.6 Å². The van der Waals surface area contributed by atoms with Crippen molar-refractivity contribution in [1.82, 2.24) is 19.4 Å². The smallest absolute Gasteiger partial charge is 0.323 e. The number of hydrogen-bond donors (Lipinski definition) is 2. The first kappa shape index (κ1) is 18.1. The van der Waals surface area contributed by atoms with Gasteiger partial charge in [0.1, 0.15) is 17.5 Å². The second-order valence-electron chi connectivity index (χ2n) is 7.70. The van der Waals surface area contributed by atoms with E-state index in [4.69, 9.17) is 9.47 Å². The number of benzene rings is 1. The molecule has 4 heterocycles. The highest BCUT2D eigenvalue weighted by Gasteiger charge is 2.26. The van der Waals surface area contributed by atoms with Gasteiger partial charge in [-0.3, -0.25) is 4.79 Å². The lowest BCUT2D eigenvalue weighted by Gasteiger charge is -2.32. The third-order valence-corrected chi connectivity index (χ3v) is 5.87. The van der Waals surface area contributed by atoms with E-state index >= 15 is 0 Å². The van der Waals surface area contributed by atoms with Crippen LogP contribution in [0.4, 0.5) is 0 Å². The van der Waals surface area contributed by atoms with Gasteiger partial charge in [0.25, 0.3) is 5.91 Å². The van der Waals surface area contributed by atoms with Crippen molar-refractivity contribution in [3.05, 3.63) is 52.8 Å². The Labute approximate surface area is 167 Å². The first-order chi connectivity index (χ1) is 14.2. The summed E-state index contributed by atoms with van der Waals surface area (Å²) >= 11 is 0. The third-order valence-electron chi connectivity index (χ3n) is 5.87. The second-order valence-corrected chi connectivity index (χ2v) is 7.70. The van der Waals surface area contributed by atoms with Gasteiger partial charge in [-0.25, -0.2) is 4.79 Å². The number of aromatic amines is 2. The first-order valence-electron chi connectivity index (χ1n) is 10.1. The number of carbonyl (C=O) groups is 1. The summed E-state index contributed by atoms with van der Waals surface area (Å²) in [6, 6.07) is 8.67. The van der Waals surface area contributed by atoms with E-state index in [0.29, 0.717) is 24.8 Å². The Morgan fingerprint density at radius 2 is 2.03 bits per heavy atom. The fourth-order valence-electron chi connectivity index (χ4n) is 4.30. The van der Waals surface area contributed by atoms with E-state index < -0.39 is 0 Å². The highest BCUT2D eigenvalue weighted by molar-refractivity contribution is 5.92. The van der Waals surface area contributed by atoms with Gasteiger partial charge in [-0.2, -0.15) is 0 Å². The number of rotatable bonds is 4. The summed E-state index contributed by atoms with van der Waals surface area (Å²) in [5.41, 5.74) is 1.11. The molecule has 2 saturated heterocycles. The molecule has 2 aliphatic rings. The van der Waals surface area contributed by atoms with E-state index in [1.165, 1.54) is 11.7 Å². The molecular formula is C21H24N4O4. The summed E-state index contributed by atoms with van der Waals surface area (Å²) < 4.78 is 14.2.